The van der Waals surface area contributed by atoms with Crippen LogP contribution in [0.3, 0.4) is 0 Å². The number of rotatable bonds is 21. The maximum atomic E-state index is 13.4. The number of allylic oxidation sites excluding steroid dienone is 1. The van der Waals surface area contributed by atoms with Crippen molar-refractivity contribution >= 4 is 57.7 Å². The number of carbonyl (C=O) groups excluding carboxylic acids is 4. The van der Waals surface area contributed by atoms with E-state index < -0.39 is 35.3 Å². The molecule has 20 heteroatoms. The van der Waals surface area contributed by atoms with Crippen LogP contribution in [0.5, 0.6) is 0 Å². The lowest BCUT2D eigenvalue weighted by Crippen LogP contribution is -2.54. The second-order valence-electron chi connectivity index (χ2n) is 16.8. The van der Waals surface area contributed by atoms with E-state index in [-0.39, 0.29) is 36.1 Å². The molecule has 352 valence electrons. The van der Waals surface area contributed by atoms with Crippen LogP contribution in [-0.4, -0.2) is 148 Å². The molecule has 6 heterocycles. The minimum atomic E-state index is -1.18. The van der Waals surface area contributed by atoms with Gasteiger partial charge in [0.15, 0.2) is 11.5 Å². The Hall–Kier alpha value is -6.84. The highest BCUT2D eigenvalue weighted by Gasteiger charge is 2.45. The number of piperazine rings is 1. The van der Waals surface area contributed by atoms with Gasteiger partial charge in [0.1, 0.15) is 17.0 Å². The number of ether oxygens (including phenoxy) is 3. The first kappa shape index (κ1) is 46.7. The minimum absolute atomic E-state index is 0.0608. The van der Waals surface area contributed by atoms with Gasteiger partial charge in [0.05, 0.1) is 63.0 Å². The fourth-order valence-electron chi connectivity index (χ4n) is 8.26. The lowest BCUT2D eigenvalue weighted by Gasteiger charge is -2.36. The van der Waals surface area contributed by atoms with Gasteiger partial charge in [-0.15, -0.1) is 6.58 Å². The van der Waals surface area contributed by atoms with E-state index in [4.69, 9.17) is 19.2 Å². The van der Waals surface area contributed by atoms with Crippen LogP contribution in [0.4, 0.5) is 23.0 Å². The number of hydrogen-bond acceptors (Lipinski definition) is 16. The van der Waals surface area contributed by atoms with Gasteiger partial charge in [-0.25, -0.2) is 19.3 Å². The lowest BCUT2D eigenvalue weighted by atomic mass is 10.0. The fraction of sp³-hybridized carbons (Fsp3) is 0.404. The summed E-state index contributed by atoms with van der Waals surface area (Å²) in [7, 11) is 0. The van der Waals surface area contributed by atoms with E-state index in [0.717, 1.165) is 49.0 Å². The van der Waals surface area contributed by atoms with Crippen LogP contribution in [-0.2, 0) is 35.9 Å². The molecule has 0 saturated carbocycles. The number of benzene rings is 2. The summed E-state index contributed by atoms with van der Waals surface area (Å²) in [5, 5.41) is 19.6. The molecule has 8 rings (SSSR count). The maximum absolute atomic E-state index is 13.4. The molecule has 1 unspecified atom stereocenters. The molecule has 0 radical (unpaired) electrons. The van der Waals surface area contributed by atoms with Gasteiger partial charge in [0.25, 0.3) is 17.4 Å². The van der Waals surface area contributed by atoms with Crippen molar-refractivity contribution in [1.29, 1.82) is 0 Å². The molecular formula is C47H55N11O9. The Kier molecular flexibility index (Phi) is 14.5. The van der Waals surface area contributed by atoms with Crippen molar-refractivity contribution < 1.29 is 38.5 Å². The van der Waals surface area contributed by atoms with E-state index in [2.05, 4.69) is 54.4 Å². The highest BCUT2D eigenvalue weighted by molar-refractivity contribution is 6.25. The van der Waals surface area contributed by atoms with E-state index in [9.17, 15) is 29.1 Å². The number of aliphatic hydroxyl groups is 1. The average molecular weight is 918 g/mol. The van der Waals surface area contributed by atoms with Crippen LogP contribution >= 0.6 is 0 Å². The predicted octanol–water partition coefficient (Wildman–Crippen LogP) is 2.82. The topological polar surface area (TPSA) is 228 Å². The first-order valence-electron chi connectivity index (χ1n) is 22.4. The Morgan fingerprint density at radius 2 is 1.58 bits per heavy atom. The molecule has 2 saturated heterocycles. The SMILES string of the molecule is C=CCn1c(=O)c2cnc(Nc3ccc(N4CCN(CCOCCOCCOCCNc5cccc6c5C(=O)N(C5CCC(=O)NC5=O)C6=O)CC4)cc3)nc2n1-c1cccc(C(C)(C)O)n1. The molecule has 3 aliphatic rings. The summed E-state index contributed by atoms with van der Waals surface area (Å²) in [4.78, 5) is 83.1. The quantitative estimate of drug-likeness (QED) is 0.0472. The summed E-state index contributed by atoms with van der Waals surface area (Å²) in [5.74, 6) is -1.42. The first-order chi connectivity index (χ1) is 32.4. The van der Waals surface area contributed by atoms with Crippen molar-refractivity contribution in [2.24, 2.45) is 0 Å². The number of anilines is 4. The number of imide groups is 2. The molecule has 5 aromatic rings. The van der Waals surface area contributed by atoms with Gasteiger partial charge in [-0.1, -0.05) is 18.2 Å². The molecule has 3 aliphatic heterocycles. The smallest absolute Gasteiger partial charge is 0.278 e. The number of piperidine rings is 1. The Morgan fingerprint density at radius 3 is 2.30 bits per heavy atom. The Morgan fingerprint density at radius 1 is 0.866 bits per heavy atom. The molecule has 3 aromatic heterocycles. The van der Waals surface area contributed by atoms with E-state index >= 15 is 0 Å². The molecule has 2 fully saturated rings. The second-order valence-corrected chi connectivity index (χ2v) is 16.8. The third-order valence-corrected chi connectivity index (χ3v) is 11.7. The molecule has 0 bridgehead atoms. The van der Waals surface area contributed by atoms with E-state index in [1.807, 2.05) is 12.1 Å². The van der Waals surface area contributed by atoms with Crippen molar-refractivity contribution in [3.05, 3.63) is 107 Å². The van der Waals surface area contributed by atoms with Crippen molar-refractivity contribution in [2.75, 3.05) is 94.4 Å². The minimum Gasteiger partial charge on any atom is -0.384 e. The van der Waals surface area contributed by atoms with Crippen molar-refractivity contribution in [2.45, 2.75) is 44.9 Å². The number of aromatic nitrogens is 5. The van der Waals surface area contributed by atoms with Gasteiger partial charge >= 0.3 is 0 Å². The van der Waals surface area contributed by atoms with E-state index in [1.165, 1.54) is 10.9 Å². The molecule has 20 nitrogen and oxygen atoms in total. The number of pyridine rings is 1. The van der Waals surface area contributed by atoms with Crippen molar-refractivity contribution in [1.82, 2.24) is 39.4 Å². The molecule has 67 heavy (non-hydrogen) atoms. The number of nitrogens with zero attached hydrogens (tertiary/aromatic N) is 8. The van der Waals surface area contributed by atoms with Crippen LogP contribution in [0, 0.1) is 0 Å². The Bertz CT molecular complexity index is 2690. The van der Waals surface area contributed by atoms with Gasteiger partial charge in [-0.3, -0.25) is 39.1 Å². The zero-order chi connectivity index (χ0) is 47.1. The van der Waals surface area contributed by atoms with Crippen LogP contribution in [0.25, 0.3) is 16.9 Å². The Balaban J connectivity index is 0.707. The van der Waals surface area contributed by atoms with Crippen molar-refractivity contribution in [3.8, 4) is 5.82 Å². The third-order valence-electron chi connectivity index (χ3n) is 11.7. The maximum Gasteiger partial charge on any atom is 0.278 e. The summed E-state index contributed by atoms with van der Waals surface area (Å²) >= 11 is 0. The molecule has 0 spiro atoms. The summed E-state index contributed by atoms with van der Waals surface area (Å²) in [6.45, 7) is 14.7. The predicted molar refractivity (Wildman–Crippen MR) is 249 cm³/mol. The van der Waals surface area contributed by atoms with Crippen LogP contribution in [0.15, 0.2) is 84.3 Å². The average Bonchev–Trinajstić information content (AvgIpc) is 3.74. The molecule has 1 atom stereocenters. The third kappa shape index (κ3) is 10.6. The van der Waals surface area contributed by atoms with E-state index in [0.29, 0.717) is 80.4 Å². The fourth-order valence-corrected chi connectivity index (χ4v) is 8.26. The van der Waals surface area contributed by atoms with Gasteiger partial charge < -0.3 is 34.9 Å². The largest absolute Gasteiger partial charge is 0.384 e. The number of nitrogens with one attached hydrogen (secondary N) is 3. The number of hydrogen-bond donors (Lipinski definition) is 4. The molecule has 4 amide bonds. The first-order valence-corrected chi connectivity index (χ1v) is 22.4. The van der Waals surface area contributed by atoms with Gasteiger partial charge in [0.2, 0.25) is 17.8 Å². The highest BCUT2D eigenvalue weighted by Crippen LogP contribution is 2.32. The van der Waals surface area contributed by atoms with Gasteiger partial charge in [-0.05, 0) is 68.8 Å². The number of carbonyl (C=O) groups is 4. The molecule has 4 N–H and O–H groups in total. The second kappa shape index (κ2) is 20.8. The molecular weight excluding hydrogens is 863 g/mol. The highest BCUT2D eigenvalue weighted by atomic mass is 16.5. The standard InChI is InChI=1S/C47H55N11O9/c1-4-18-56-43(61)34-30-49-46(53-41(34)58(56)38-10-6-9-37(51-38)47(2,3)64)50-31-11-13-32(14-12-31)55-21-19-54(20-22-55)23-25-66-27-29-67-28-26-65-24-17-48-35-8-5-7-33-40(35)45(63)57(44(33)62)36-15-16-39(59)52-42(36)60/h4-14,30,36,48,64H,1,15-29H2,2-3H3,(H,49,50,53)(H,52,59,60). The normalized spacial score (nSPS) is 16.7. The summed E-state index contributed by atoms with van der Waals surface area (Å²) < 4.78 is 20.3. The molecule has 0 aliphatic carbocycles. The monoisotopic (exact) mass is 917 g/mol. The van der Waals surface area contributed by atoms with E-state index in [1.54, 1.807) is 61.0 Å². The van der Waals surface area contributed by atoms with Gasteiger partial charge in [0, 0.05) is 68.9 Å². The number of amides is 4. The number of fused-ring (bicyclic) bond motifs is 2. The Labute approximate surface area is 386 Å². The van der Waals surface area contributed by atoms with Crippen LogP contribution < -0.4 is 26.4 Å². The lowest BCUT2D eigenvalue weighted by molar-refractivity contribution is -0.136. The molecule has 2 aromatic carbocycles. The summed E-state index contributed by atoms with van der Waals surface area (Å²) in [6, 6.07) is 17.3. The zero-order valence-electron chi connectivity index (χ0n) is 37.6. The van der Waals surface area contributed by atoms with Gasteiger partial charge in [-0.2, -0.15) is 4.98 Å². The van der Waals surface area contributed by atoms with Crippen LogP contribution in [0.2, 0.25) is 0 Å². The summed E-state index contributed by atoms with van der Waals surface area (Å²) in [5.41, 5.74) is 2.18. The van der Waals surface area contributed by atoms with Crippen LogP contribution in [0.1, 0.15) is 53.1 Å². The summed E-state index contributed by atoms with van der Waals surface area (Å²) in [6.07, 6.45) is 3.30. The van der Waals surface area contributed by atoms with Crippen molar-refractivity contribution in [3.63, 3.8) is 0 Å². The zero-order valence-corrected chi connectivity index (χ0v) is 37.6.